The van der Waals surface area contributed by atoms with Crippen LogP contribution in [0.3, 0.4) is 0 Å². The molecule has 8 heteroatoms. The number of nitrogen functional groups attached to an aromatic ring is 1. The minimum atomic E-state index is -0.857. The summed E-state index contributed by atoms with van der Waals surface area (Å²) >= 11 is 1.60. The Balaban J connectivity index is 1.34. The third-order valence-corrected chi connectivity index (χ3v) is 7.46. The number of nitrogens with zero attached hydrogens (tertiary/aromatic N) is 4. The number of anilines is 1. The van der Waals surface area contributed by atoms with Crippen molar-refractivity contribution in [1.29, 1.82) is 0 Å². The molecule has 5 rings (SSSR count). The van der Waals surface area contributed by atoms with Gasteiger partial charge < -0.3 is 20.5 Å². The second-order valence-electron chi connectivity index (χ2n) is 7.77. The van der Waals surface area contributed by atoms with Crippen molar-refractivity contribution in [2.24, 2.45) is 0 Å². The lowest BCUT2D eigenvalue weighted by atomic mass is 10.0. The van der Waals surface area contributed by atoms with Crippen LogP contribution in [-0.2, 0) is 6.42 Å². The molecule has 0 amide bonds. The molecule has 0 spiro atoms. The first-order valence-electron chi connectivity index (χ1n) is 9.96. The number of hydrogen-bond acceptors (Lipinski definition) is 7. The average molecular weight is 422 g/mol. The predicted octanol–water partition coefficient (Wildman–Crippen LogP) is 2.84. The van der Waals surface area contributed by atoms with E-state index in [2.05, 4.69) is 21.0 Å². The number of rotatable bonds is 4. The van der Waals surface area contributed by atoms with Gasteiger partial charge in [-0.3, -0.25) is 0 Å². The van der Waals surface area contributed by atoms with E-state index in [4.69, 9.17) is 5.73 Å². The molecule has 0 bridgehead atoms. The van der Waals surface area contributed by atoms with Crippen LogP contribution in [-0.4, -0.2) is 47.2 Å². The van der Waals surface area contributed by atoms with Crippen molar-refractivity contribution < 1.29 is 10.2 Å². The molecule has 4 aromatic rings. The summed E-state index contributed by atoms with van der Waals surface area (Å²) in [6, 6.07) is 11.9. The Morgan fingerprint density at radius 2 is 1.93 bits per heavy atom. The first-order valence-corrected chi connectivity index (χ1v) is 10.9. The van der Waals surface area contributed by atoms with Gasteiger partial charge >= 0.3 is 0 Å². The molecule has 1 aliphatic rings. The summed E-state index contributed by atoms with van der Waals surface area (Å²) < 4.78 is 1.95. The minimum absolute atomic E-state index is 0.0742. The van der Waals surface area contributed by atoms with Crippen LogP contribution >= 0.6 is 11.8 Å². The zero-order valence-corrected chi connectivity index (χ0v) is 17.3. The normalized spacial score (nSPS) is 24.1. The van der Waals surface area contributed by atoms with Crippen LogP contribution in [0, 0.1) is 6.92 Å². The van der Waals surface area contributed by atoms with Crippen LogP contribution in [0.25, 0.3) is 21.9 Å². The lowest BCUT2D eigenvalue weighted by Crippen LogP contribution is -2.31. The molecule has 0 aliphatic carbocycles. The lowest BCUT2D eigenvalue weighted by molar-refractivity contribution is 0.0176. The molecule has 0 saturated carbocycles. The maximum Gasteiger partial charge on any atom is 0.144 e. The van der Waals surface area contributed by atoms with Crippen molar-refractivity contribution in [1.82, 2.24) is 19.5 Å². The first-order chi connectivity index (χ1) is 14.5. The second kappa shape index (κ2) is 7.54. The van der Waals surface area contributed by atoms with Gasteiger partial charge in [0.15, 0.2) is 0 Å². The number of benzene rings is 1. The minimum Gasteiger partial charge on any atom is -0.389 e. The third-order valence-electron chi connectivity index (χ3n) is 5.82. The molecule has 4 atom stereocenters. The zero-order valence-electron chi connectivity index (χ0n) is 16.5. The standard InChI is InChI=1S/C22H23N5O2S/c1-12-15-8-9-27(21(15)25-11-24-12)22-20(29)19(28)17(30-22)6-3-13-2-4-14-5-7-18(23)26-16(14)10-13/h2,4-5,7-11,17,19-20,22,28-29H,3,6H2,1H3,(H2,23,26)/t17-,19-,20-,22-/m1/s1. The largest absolute Gasteiger partial charge is 0.389 e. The maximum absolute atomic E-state index is 10.7. The van der Waals surface area contributed by atoms with Gasteiger partial charge in [0.05, 0.1) is 17.3 Å². The molecule has 1 fully saturated rings. The molecule has 4 heterocycles. The van der Waals surface area contributed by atoms with Gasteiger partial charge in [-0.15, -0.1) is 11.8 Å². The van der Waals surface area contributed by atoms with E-state index in [9.17, 15) is 10.2 Å². The molecular formula is C22H23N5O2S. The number of fused-ring (bicyclic) bond motifs is 2. The van der Waals surface area contributed by atoms with Gasteiger partial charge in [0.25, 0.3) is 0 Å². The number of thioether (sulfide) groups is 1. The predicted molar refractivity (Wildman–Crippen MR) is 119 cm³/mol. The second-order valence-corrected chi connectivity index (χ2v) is 9.13. The van der Waals surface area contributed by atoms with Crippen LogP contribution < -0.4 is 5.73 Å². The van der Waals surface area contributed by atoms with E-state index in [1.165, 1.54) is 6.33 Å². The number of aliphatic hydroxyl groups excluding tert-OH is 2. The summed E-state index contributed by atoms with van der Waals surface area (Å²) in [6.45, 7) is 1.94. The van der Waals surface area contributed by atoms with Crippen molar-refractivity contribution in [3.63, 3.8) is 0 Å². The van der Waals surface area contributed by atoms with Crippen LogP contribution in [0.15, 0.2) is 48.9 Å². The van der Waals surface area contributed by atoms with E-state index in [1.807, 2.05) is 42.0 Å². The van der Waals surface area contributed by atoms with E-state index in [0.29, 0.717) is 5.82 Å². The molecular weight excluding hydrogens is 398 g/mol. The van der Waals surface area contributed by atoms with Crippen molar-refractivity contribution in [3.05, 3.63) is 60.2 Å². The molecule has 0 unspecified atom stereocenters. The number of hydrogen-bond donors (Lipinski definition) is 3. The van der Waals surface area contributed by atoms with Gasteiger partial charge in [-0.1, -0.05) is 12.1 Å². The van der Waals surface area contributed by atoms with Crippen molar-refractivity contribution in [2.75, 3.05) is 5.73 Å². The van der Waals surface area contributed by atoms with E-state index in [-0.39, 0.29) is 10.6 Å². The summed E-state index contributed by atoms with van der Waals surface area (Å²) in [5, 5.41) is 23.1. The summed E-state index contributed by atoms with van der Waals surface area (Å²) in [5.41, 5.74) is 9.50. The maximum atomic E-state index is 10.7. The Kier molecular flexibility index (Phi) is 4.85. The van der Waals surface area contributed by atoms with Gasteiger partial charge in [0, 0.05) is 22.2 Å². The fourth-order valence-corrected chi connectivity index (χ4v) is 5.70. The Morgan fingerprint density at radius 3 is 2.80 bits per heavy atom. The van der Waals surface area contributed by atoms with Gasteiger partial charge in [0.2, 0.25) is 0 Å². The summed E-state index contributed by atoms with van der Waals surface area (Å²) in [7, 11) is 0. The van der Waals surface area contributed by atoms with E-state index in [0.717, 1.165) is 46.0 Å². The first kappa shape index (κ1) is 19.3. The number of aliphatic hydroxyl groups is 2. The SMILES string of the molecule is Cc1ncnc2c1ccn2[C@@H]1S[C@H](CCc2ccc3ccc(N)nc3c2)[C@@H](O)[C@H]1O. The molecule has 1 saturated heterocycles. The smallest absolute Gasteiger partial charge is 0.144 e. The number of nitrogens with two attached hydrogens (primary N) is 1. The molecule has 0 radical (unpaired) electrons. The van der Waals surface area contributed by atoms with E-state index < -0.39 is 12.2 Å². The van der Waals surface area contributed by atoms with Gasteiger partial charge in [-0.25, -0.2) is 15.0 Å². The van der Waals surface area contributed by atoms with Crippen LogP contribution in [0.2, 0.25) is 0 Å². The topological polar surface area (TPSA) is 110 Å². The highest BCUT2D eigenvalue weighted by Crippen LogP contribution is 2.45. The van der Waals surface area contributed by atoms with Crippen LogP contribution in [0.1, 0.15) is 23.1 Å². The molecule has 154 valence electrons. The molecule has 3 aromatic heterocycles. The Hall–Kier alpha value is -2.68. The van der Waals surface area contributed by atoms with Crippen LogP contribution in [0.4, 0.5) is 5.82 Å². The number of pyridine rings is 1. The highest BCUT2D eigenvalue weighted by Gasteiger charge is 2.43. The molecule has 7 nitrogen and oxygen atoms in total. The van der Waals surface area contributed by atoms with Crippen molar-refractivity contribution in [2.45, 2.75) is 42.6 Å². The van der Waals surface area contributed by atoms with Gasteiger partial charge in [-0.05, 0) is 49.6 Å². The summed E-state index contributed by atoms with van der Waals surface area (Å²) in [4.78, 5) is 13.0. The molecule has 1 aromatic carbocycles. The van der Waals surface area contributed by atoms with E-state index >= 15 is 0 Å². The lowest BCUT2D eigenvalue weighted by Gasteiger charge is -2.17. The van der Waals surface area contributed by atoms with E-state index in [1.54, 1.807) is 17.8 Å². The molecule has 4 N–H and O–H groups in total. The molecule has 30 heavy (non-hydrogen) atoms. The Morgan fingerprint density at radius 1 is 1.10 bits per heavy atom. The highest BCUT2D eigenvalue weighted by atomic mass is 32.2. The third kappa shape index (κ3) is 3.30. The summed E-state index contributed by atoms with van der Waals surface area (Å²) in [6.07, 6.45) is 3.34. The van der Waals surface area contributed by atoms with Crippen molar-refractivity contribution >= 4 is 39.5 Å². The summed E-state index contributed by atoms with van der Waals surface area (Å²) in [5.74, 6) is 0.505. The van der Waals surface area contributed by atoms with Crippen molar-refractivity contribution in [3.8, 4) is 0 Å². The van der Waals surface area contributed by atoms with Gasteiger partial charge in [-0.2, -0.15) is 0 Å². The quantitative estimate of drug-likeness (QED) is 0.465. The average Bonchev–Trinajstić information content (AvgIpc) is 3.29. The van der Waals surface area contributed by atoms with Gasteiger partial charge in [0.1, 0.15) is 29.3 Å². The highest BCUT2D eigenvalue weighted by molar-refractivity contribution is 8.00. The fraction of sp³-hybridized carbons (Fsp3) is 0.318. The number of aromatic nitrogens is 4. The fourth-order valence-electron chi connectivity index (χ4n) is 4.14. The Bertz CT molecular complexity index is 1230. The zero-order chi connectivity index (χ0) is 20.8. The molecule has 1 aliphatic heterocycles. The van der Waals surface area contributed by atoms with Crippen LogP contribution in [0.5, 0.6) is 0 Å². The Labute approximate surface area is 178 Å². The monoisotopic (exact) mass is 421 g/mol. The number of aryl methyl sites for hydroxylation is 2.